The molecule has 1 aliphatic rings. The van der Waals surface area contributed by atoms with Crippen molar-refractivity contribution < 1.29 is 24.6 Å². The Balaban J connectivity index is 0.000000997. The molecule has 1 fully saturated rings. The molecule has 1 atom stereocenters. The van der Waals surface area contributed by atoms with Crippen LogP contribution in [0, 0.1) is 6.92 Å². The molecule has 0 bridgehead atoms. The quantitative estimate of drug-likeness (QED) is 0.725. The lowest BCUT2D eigenvalue weighted by Gasteiger charge is -2.24. The average Bonchev–Trinajstić information content (AvgIpc) is 3.15. The van der Waals surface area contributed by atoms with E-state index in [1.54, 1.807) is 6.20 Å². The van der Waals surface area contributed by atoms with Crippen LogP contribution in [0.4, 0.5) is 0 Å². The smallest absolute Gasteiger partial charge is 0.290 e. The zero-order chi connectivity index (χ0) is 20.7. The molecule has 0 aromatic carbocycles. The number of hydrogen-bond acceptors (Lipinski definition) is 5. The Kier molecular flexibility index (Phi) is 13.3. The Morgan fingerprint density at radius 3 is 2.37 bits per heavy atom. The average molecular weight is 381 g/mol. The molecule has 1 aliphatic heterocycles. The van der Waals surface area contributed by atoms with E-state index in [1.165, 1.54) is 25.9 Å². The molecule has 8 nitrogen and oxygen atoms in total. The van der Waals surface area contributed by atoms with Crippen molar-refractivity contribution in [3.05, 3.63) is 29.6 Å². The van der Waals surface area contributed by atoms with Crippen molar-refractivity contribution >= 4 is 18.9 Å². The lowest BCUT2D eigenvalue weighted by molar-refractivity contribution is -0.130. The van der Waals surface area contributed by atoms with Gasteiger partial charge in [-0.3, -0.25) is 19.4 Å². The SMILES string of the molecule is Cc1cc(CN(C)C(=O)CCC(C)N2CCCC2)ccn1.O=CO.O=CO. The Morgan fingerprint density at radius 2 is 1.85 bits per heavy atom. The number of hydrogen-bond donors (Lipinski definition) is 2. The Labute approximate surface area is 160 Å². The van der Waals surface area contributed by atoms with Gasteiger partial charge in [0.25, 0.3) is 12.9 Å². The summed E-state index contributed by atoms with van der Waals surface area (Å²) >= 11 is 0. The van der Waals surface area contributed by atoms with Gasteiger partial charge in [-0.05, 0) is 63.9 Å². The van der Waals surface area contributed by atoms with Crippen molar-refractivity contribution in [3.63, 3.8) is 0 Å². The highest BCUT2D eigenvalue weighted by molar-refractivity contribution is 5.75. The highest BCUT2D eigenvalue weighted by Crippen LogP contribution is 2.15. The molecule has 2 N–H and O–H groups in total. The zero-order valence-corrected chi connectivity index (χ0v) is 16.4. The van der Waals surface area contributed by atoms with E-state index in [0.717, 1.165) is 17.7 Å². The predicted molar refractivity (Wildman–Crippen MR) is 102 cm³/mol. The Bertz CT molecular complexity index is 556. The summed E-state index contributed by atoms with van der Waals surface area (Å²) in [4.78, 5) is 37.5. The van der Waals surface area contributed by atoms with E-state index in [4.69, 9.17) is 19.8 Å². The molecular weight excluding hydrogens is 350 g/mol. The van der Waals surface area contributed by atoms with Gasteiger partial charge in [-0.1, -0.05) is 0 Å². The monoisotopic (exact) mass is 381 g/mol. The zero-order valence-electron chi connectivity index (χ0n) is 16.4. The molecule has 0 aliphatic carbocycles. The third kappa shape index (κ3) is 11.0. The first-order chi connectivity index (χ1) is 12.9. The summed E-state index contributed by atoms with van der Waals surface area (Å²) < 4.78 is 0. The molecule has 152 valence electrons. The highest BCUT2D eigenvalue weighted by atomic mass is 16.3. The van der Waals surface area contributed by atoms with Crippen LogP contribution in [-0.4, -0.2) is 70.0 Å². The molecule has 1 amide bonds. The standard InChI is InChI=1S/C17H27N3O.2CH2O2/c1-14-12-16(8-9-18-14)13-19(3)17(21)7-6-15(2)20-10-4-5-11-20;2*2-1-3/h8-9,12,15H,4-7,10-11,13H2,1-3H3;2*1H,(H,2,3). The maximum Gasteiger partial charge on any atom is 0.290 e. The number of aromatic nitrogens is 1. The number of aryl methyl sites for hydroxylation is 1. The largest absolute Gasteiger partial charge is 0.483 e. The number of carbonyl (C=O) groups is 3. The van der Waals surface area contributed by atoms with E-state index in [1.807, 2.05) is 31.0 Å². The molecule has 0 spiro atoms. The lowest BCUT2D eigenvalue weighted by Crippen LogP contribution is -2.32. The summed E-state index contributed by atoms with van der Waals surface area (Å²) in [5.41, 5.74) is 2.14. The van der Waals surface area contributed by atoms with Crippen LogP contribution in [0.5, 0.6) is 0 Å². The van der Waals surface area contributed by atoms with Gasteiger partial charge in [0.2, 0.25) is 5.91 Å². The van der Waals surface area contributed by atoms with E-state index in [0.29, 0.717) is 19.0 Å². The Morgan fingerprint density at radius 1 is 1.30 bits per heavy atom. The lowest BCUT2D eigenvalue weighted by atomic mass is 10.1. The van der Waals surface area contributed by atoms with Crippen LogP contribution >= 0.6 is 0 Å². The Hall–Kier alpha value is -2.48. The van der Waals surface area contributed by atoms with Gasteiger partial charge >= 0.3 is 0 Å². The number of nitrogens with zero attached hydrogens (tertiary/aromatic N) is 3. The van der Waals surface area contributed by atoms with Crippen molar-refractivity contribution in [2.45, 2.75) is 52.1 Å². The van der Waals surface area contributed by atoms with Crippen LogP contribution in [0.1, 0.15) is 43.9 Å². The van der Waals surface area contributed by atoms with E-state index in [9.17, 15) is 4.79 Å². The summed E-state index contributed by atoms with van der Waals surface area (Å²) in [5.74, 6) is 0.232. The summed E-state index contributed by atoms with van der Waals surface area (Å²) in [5, 5.41) is 13.8. The van der Waals surface area contributed by atoms with E-state index < -0.39 is 0 Å². The van der Waals surface area contributed by atoms with Crippen LogP contribution in [0.25, 0.3) is 0 Å². The van der Waals surface area contributed by atoms with E-state index in [2.05, 4.69) is 16.8 Å². The third-order valence-corrected chi connectivity index (χ3v) is 4.35. The number of amides is 1. The highest BCUT2D eigenvalue weighted by Gasteiger charge is 2.19. The molecule has 0 saturated carbocycles. The van der Waals surface area contributed by atoms with Crippen LogP contribution in [0.15, 0.2) is 18.3 Å². The van der Waals surface area contributed by atoms with E-state index in [-0.39, 0.29) is 18.9 Å². The van der Waals surface area contributed by atoms with Crippen LogP contribution in [0.2, 0.25) is 0 Å². The molecular formula is C19H31N3O5. The molecule has 1 saturated heterocycles. The van der Waals surface area contributed by atoms with Crippen molar-refractivity contribution in [1.82, 2.24) is 14.8 Å². The van der Waals surface area contributed by atoms with Crippen molar-refractivity contribution in [2.75, 3.05) is 20.1 Å². The van der Waals surface area contributed by atoms with Crippen LogP contribution in [0.3, 0.4) is 0 Å². The number of carbonyl (C=O) groups excluding carboxylic acids is 1. The third-order valence-electron chi connectivity index (χ3n) is 4.35. The first-order valence-corrected chi connectivity index (χ1v) is 8.94. The van der Waals surface area contributed by atoms with Crippen LogP contribution in [-0.2, 0) is 20.9 Å². The summed E-state index contributed by atoms with van der Waals surface area (Å²) in [6.45, 7) is 6.77. The van der Waals surface area contributed by atoms with Gasteiger partial charge < -0.3 is 20.0 Å². The van der Waals surface area contributed by atoms with Crippen molar-refractivity contribution in [1.29, 1.82) is 0 Å². The fraction of sp³-hybridized carbons (Fsp3) is 0.579. The second-order valence-electron chi connectivity index (χ2n) is 6.40. The normalized spacial score (nSPS) is 14.0. The minimum absolute atomic E-state index is 0.232. The number of rotatable bonds is 6. The first-order valence-electron chi connectivity index (χ1n) is 8.94. The van der Waals surface area contributed by atoms with Gasteiger partial charge in [-0.2, -0.15) is 0 Å². The van der Waals surface area contributed by atoms with Crippen molar-refractivity contribution in [3.8, 4) is 0 Å². The summed E-state index contributed by atoms with van der Waals surface area (Å²) in [6, 6.07) is 4.54. The number of likely N-dealkylation sites (tertiary alicyclic amines) is 1. The molecule has 8 heteroatoms. The summed E-state index contributed by atoms with van der Waals surface area (Å²) in [6.07, 6.45) is 6.01. The minimum Gasteiger partial charge on any atom is -0.483 e. The molecule has 1 aromatic rings. The first kappa shape index (κ1) is 24.5. The molecule has 1 unspecified atom stereocenters. The maximum atomic E-state index is 12.2. The van der Waals surface area contributed by atoms with Gasteiger partial charge in [0, 0.05) is 37.9 Å². The van der Waals surface area contributed by atoms with Gasteiger partial charge in [0.1, 0.15) is 0 Å². The topological polar surface area (TPSA) is 111 Å². The summed E-state index contributed by atoms with van der Waals surface area (Å²) in [7, 11) is 1.89. The molecule has 27 heavy (non-hydrogen) atoms. The second kappa shape index (κ2) is 14.7. The minimum atomic E-state index is -0.250. The number of pyridine rings is 1. The molecule has 1 aromatic heterocycles. The molecule has 0 radical (unpaired) electrons. The van der Waals surface area contributed by atoms with Crippen molar-refractivity contribution in [2.24, 2.45) is 0 Å². The predicted octanol–water partition coefficient (Wildman–Crippen LogP) is 2.01. The molecule has 2 rings (SSSR count). The van der Waals surface area contributed by atoms with Crippen LogP contribution < -0.4 is 0 Å². The fourth-order valence-corrected chi connectivity index (χ4v) is 2.95. The maximum absolute atomic E-state index is 12.2. The van der Waals surface area contributed by atoms with Gasteiger partial charge in [-0.15, -0.1) is 0 Å². The van der Waals surface area contributed by atoms with E-state index >= 15 is 0 Å². The molecule has 2 heterocycles. The van der Waals surface area contributed by atoms with Gasteiger partial charge in [0.15, 0.2) is 0 Å². The fourth-order valence-electron chi connectivity index (χ4n) is 2.95. The second-order valence-corrected chi connectivity index (χ2v) is 6.40. The van der Waals surface area contributed by atoms with Gasteiger partial charge in [-0.25, -0.2) is 0 Å². The number of carboxylic acid groups (broad SMARTS) is 2. The van der Waals surface area contributed by atoms with Gasteiger partial charge in [0.05, 0.1) is 0 Å².